The van der Waals surface area contributed by atoms with E-state index in [1.165, 1.54) is 0 Å². The maximum Gasteiger partial charge on any atom is 0.223 e. The van der Waals surface area contributed by atoms with Crippen LogP contribution in [0.2, 0.25) is 0 Å². The average molecular weight is 294 g/mol. The second kappa shape index (κ2) is 9.39. The standard InChI is InChI=1S/C15H30N6/c1-5-17-13-12-14(19-15(16)18-13)21(8-4)11-9-10-20(6-2)7-3/h12H,5-11H2,1-4H3,(H3,16,17,18,19). The molecule has 1 aromatic heterocycles. The largest absolute Gasteiger partial charge is 0.370 e. The third-order valence-electron chi connectivity index (χ3n) is 3.59. The van der Waals surface area contributed by atoms with Crippen LogP contribution in [-0.4, -0.2) is 54.1 Å². The molecule has 0 atom stereocenters. The molecule has 0 aliphatic carbocycles. The number of nitrogens with zero attached hydrogens (tertiary/aromatic N) is 4. The summed E-state index contributed by atoms with van der Waals surface area (Å²) in [7, 11) is 0. The summed E-state index contributed by atoms with van der Waals surface area (Å²) in [4.78, 5) is 13.2. The van der Waals surface area contributed by atoms with Gasteiger partial charge in [0.05, 0.1) is 0 Å². The van der Waals surface area contributed by atoms with Crippen LogP contribution in [0.25, 0.3) is 0 Å². The summed E-state index contributed by atoms with van der Waals surface area (Å²) in [6.45, 7) is 14.6. The second-order valence-electron chi connectivity index (χ2n) is 4.96. The number of rotatable bonds is 10. The van der Waals surface area contributed by atoms with Crippen LogP contribution < -0.4 is 16.0 Å². The van der Waals surface area contributed by atoms with Crippen LogP contribution >= 0.6 is 0 Å². The highest BCUT2D eigenvalue weighted by atomic mass is 15.2. The lowest BCUT2D eigenvalue weighted by Gasteiger charge is -2.24. The first-order valence-corrected chi connectivity index (χ1v) is 8.00. The summed E-state index contributed by atoms with van der Waals surface area (Å²) < 4.78 is 0. The minimum absolute atomic E-state index is 0.325. The van der Waals surface area contributed by atoms with E-state index in [1.54, 1.807) is 0 Å². The van der Waals surface area contributed by atoms with Crippen LogP contribution in [0.4, 0.5) is 17.6 Å². The first-order valence-electron chi connectivity index (χ1n) is 8.00. The van der Waals surface area contributed by atoms with Crippen molar-refractivity contribution in [3.8, 4) is 0 Å². The zero-order valence-corrected chi connectivity index (χ0v) is 13.9. The Morgan fingerprint density at radius 2 is 1.76 bits per heavy atom. The summed E-state index contributed by atoms with van der Waals surface area (Å²) in [5.41, 5.74) is 5.81. The maximum atomic E-state index is 5.81. The van der Waals surface area contributed by atoms with Crippen LogP contribution in [-0.2, 0) is 0 Å². The van der Waals surface area contributed by atoms with Gasteiger partial charge in [0, 0.05) is 25.7 Å². The van der Waals surface area contributed by atoms with E-state index < -0.39 is 0 Å². The summed E-state index contributed by atoms with van der Waals surface area (Å²) in [5.74, 6) is 2.02. The lowest BCUT2D eigenvalue weighted by molar-refractivity contribution is 0.300. The van der Waals surface area contributed by atoms with Gasteiger partial charge >= 0.3 is 0 Å². The van der Waals surface area contributed by atoms with Crippen molar-refractivity contribution < 1.29 is 0 Å². The van der Waals surface area contributed by atoms with Gasteiger partial charge < -0.3 is 20.9 Å². The Bertz CT molecular complexity index is 405. The van der Waals surface area contributed by atoms with E-state index in [9.17, 15) is 0 Å². The zero-order valence-electron chi connectivity index (χ0n) is 13.9. The highest BCUT2D eigenvalue weighted by molar-refractivity contribution is 5.52. The molecule has 0 bridgehead atoms. The van der Waals surface area contributed by atoms with E-state index in [0.29, 0.717) is 5.95 Å². The number of nitrogens with one attached hydrogen (secondary N) is 1. The maximum absolute atomic E-state index is 5.81. The van der Waals surface area contributed by atoms with E-state index >= 15 is 0 Å². The van der Waals surface area contributed by atoms with Crippen molar-refractivity contribution in [3.05, 3.63) is 6.07 Å². The van der Waals surface area contributed by atoms with Gasteiger partial charge in [-0.25, -0.2) is 0 Å². The quantitative estimate of drug-likeness (QED) is 0.688. The fraction of sp³-hybridized carbons (Fsp3) is 0.733. The third kappa shape index (κ3) is 5.75. The molecule has 6 heteroatoms. The molecule has 0 spiro atoms. The minimum atomic E-state index is 0.325. The number of hydrogen-bond donors (Lipinski definition) is 2. The van der Waals surface area contributed by atoms with E-state index in [2.05, 4.69) is 45.9 Å². The molecule has 120 valence electrons. The Hall–Kier alpha value is -1.56. The Labute approximate surface area is 128 Å². The van der Waals surface area contributed by atoms with Crippen molar-refractivity contribution >= 4 is 17.6 Å². The molecule has 0 aliphatic heterocycles. The average Bonchev–Trinajstić information content (AvgIpc) is 2.47. The van der Waals surface area contributed by atoms with E-state index in [1.807, 2.05) is 13.0 Å². The van der Waals surface area contributed by atoms with Gasteiger partial charge in [-0.2, -0.15) is 9.97 Å². The molecule has 0 fully saturated rings. The Kier molecular flexibility index (Phi) is 7.82. The molecule has 1 rings (SSSR count). The summed E-state index contributed by atoms with van der Waals surface area (Å²) in [5, 5.41) is 3.19. The fourth-order valence-electron chi connectivity index (χ4n) is 2.35. The third-order valence-corrected chi connectivity index (χ3v) is 3.59. The highest BCUT2D eigenvalue weighted by Crippen LogP contribution is 2.17. The fourth-order valence-corrected chi connectivity index (χ4v) is 2.35. The lowest BCUT2D eigenvalue weighted by Crippen LogP contribution is -2.30. The molecule has 0 radical (unpaired) electrons. The molecule has 0 aromatic carbocycles. The summed E-state index contributed by atoms with van der Waals surface area (Å²) in [6, 6.07) is 1.97. The van der Waals surface area contributed by atoms with E-state index in [-0.39, 0.29) is 0 Å². The van der Waals surface area contributed by atoms with Crippen molar-refractivity contribution in [2.45, 2.75) is 34.1 Å². The van der Waals surface area contributed by atoms with Gasteiger partial charge in [-0.05, 0) is 39.9 Å². The SMILES string of the molecule is CCNc1cc(N(CC)CCCN(CC)CC)nc(N)n1. The smallest absolute Gasteiger partial charge is 0.223 e. The normalized spacial score (nSPS) is 10.9. The van der Waals surface area contributed by atoms with Crippen molar-refractivity contribution in [1.29, 1.82) is 0 Å². The molecule has 3 N–H and O–H groups in total. The number of anilines is 3. The van der Waals surface area contributed by atoms with Crippen molar-refractivity contribution in [1.82, 2.24) is 14.9 Å². The van der Waals surface area contributed by atoms with Gasteiger partial charge in [-0.1, -0.05) is 13.8 Å². The van der Waals surface area contributed by atoms with Crippen molar-refractivity contribution in [2.24, 2.45) is 0 Å². The molecule has 0 saturated carbocycles. The molecular formula is C15H30N6. The van der Waals surface area contributed by atoms with Gasteiger partial charge in [-0.3, -0.25) is 0 Å². The van der Waals surface area contributed by atoms with E-state index in [4.69, 9.17) is 5.73 Å². The molecule has 0 unspecified atom stereocenters. The van der Waals surface area contributed by atoms with Crippen LogP contribution in [0.15, 0.2) is 6.07 Å². The van der Waals surface area contributed by atoms with Gasteiger partial charge in [0.15, 0.2) is 0 Å². The van der Waals surface area contributed by atoms with E-state index in [0.717, 1.165) is 57.3 Å². The monoisotopic (exact) mass is 294 g/mol. The predicted octanol–water partition coefficient (Wildman–Crippen LogP) is 2.05. The van der Waals surface area contributed by atoms with Crippen LogP contribution in [0.3, 0.4) is 0 Å². The van der Waals surface area contributed by atoms with Gasteiger partial charge in [0.2, 0.25) is 5.95 Å². The Morgan fingerprint density at radius 1 is 1.05 bits per heavy atom. The van der Waals surface area contributed by atoms with Crippen LogP contribution in [0, 0.1) is 0 Å². The first-order chi connectivity index (χ1) is 10.1. The number of nitrogen functional groups attached to an aromatic ring is 1. The predicted molar refractivity (Wildman–Crippen MR) is 90.9 cm³/mol. The highest BCUT2D eigenvalue weighted by Gasteiger charge is 2.09. The molecule has 1 heterocycles. The topological polar surface area (TPSA) is 70.3 Å². The Balaban J connectivity index is 2.66. The van der Waals surface area contributed by atoms with Crippen LogP contribution in [0.5, 0.6) is 0 Å². The number of aromatic nitrogens is 2. The molecule has 0 saturated heterocycles. The van der Waals surface area contributed by atoms with Crippen molar-refractivity contribution in [3.63, 3.8) is 0 Å². The molecular weight excluding hydrogens is 264 g/mol. The number of nitrogens with two attached hydrogens (primary N) is 1. The zero-order chi connectivity index (χ0) is 15.7. The van der Waals surface area contributed by atoms with Gasteiger partial charge in [-0.15, -0.1) is 0 Å². The first kappa shape index (κ1) is 17.5. The van der Waals surface area contributed by atoms with Crippen LogP contribution in [0.1, 0.15) is 34.1 Å². The van der Waals surface area contributed by atoms with Crippen molar-refractivity contribution in [2.75, 3.05) is 55.2 Å². The summed E-state index contributed by atoms with van der Waals surface area (Å²) >= 11 is 0. The Morgan fingerprint density at radius 3 is 2.33 bits per heavy atom. The second-order valence-corrected chi connectivity index (χ2v) is 4.96. The minimum Gasteiger partial charge on any atom is -0.370 e. The molecule has 0 aliphatic rings. The molecule has 0 amide bonds. The molecule has 21 heavy (non-hydrogen) atoms. The van der Waals surface area contributed by atoms with Gasteiger partial charge in [0.1, 0.15) is 11.6 Å². The number of hydrogen-bond acceptors (Lipinski definition) is 6. The lowest BCUT2D eigenvalue weighted by atomic mass is 10.3. The summed E-state index contributed by atoms with van der Waals surface area (Å²) in [6.07, 6.45) is 1.12. The molecule has 6 nitrogen and oxygen atoms in total. The molecule has 1 aromatic rings. The van der Waals surface area contributed by atoms with Gasteiger partial charge in [0.25, 0.3) is 0 Å².